The average Bonchev–Trinajstić information content (AvgIpc) is 3.27. The number of unbranched alkanes of at least 4 members (excludes halogenated alkanes) is 1. The molecule has 1 aliphatic heterocycles. The number of carbonyl (C=O) groups is 2. The van der Waals surface area contributed by atoms with Crippen LogP contribution in [0.3, 0.4) is 0 Å². The zero-order chi connectivity index (χ0) is 25.6. The first-order valence-electron chi connectivity index (χ1n) is 11.6. The highest BCUT2D eigenvalue weighted by Gasteiger charge is 2.30. The highest BCUT2D eigenvalue weighted by Crippen LogP contribution is 2.36. The lowest BCUT2D eigenvalue weighted by Crippen LogP contribution is -2.51. The Morgan fingerprint density at radius 3 is 2.54 bits per heavy atom. The number of carbonyl (C=O) groups excluding carboxylic acids is 2. The summed E-state index contributed by atoms with van der Waals surface area (Å²) in [6, 6.07) is 11.6. The van der Waals surface area contributed by atoms with Gasteiger partial charge in [0.15, 0.2) is 11.5 Å². The number of anilines is 1. The van der Waals surface area contributed by atoms with Crippen LogP contribution in [0.5, 0.6) is 11.5 Å². The fraction of sp³-hybridized carbons (Fsp3) is 0.440. The number of aryl methyl sites for hydroxylation is 1. The van der Waals surface area contributed by atoms with E-state index in [-0.39, 0.29) is 24.9 Å². The first kappa shape index (κ1) is 26.3. The summed E-state index contributed by atoms with van der Waals surface area (Å²) >= 11 is 0. The molecule has 1 N–H and O–H groups in total. The maximum Gasteiger partial charge on any atom is 0.244 e. The summed E-state index contributed by atoms with van der Waals surface area (Å²) in [5.74, 6) is 0.136. The molecule has 2 aromatic carbocycles. The van der Waals surface area contributed by atoms with Crippen molar-refractivity contribution < 1.29 is 27.5 Å². The SMILES string of the molecule is CCCCNC(=O)C(C)N(Cc1cccc(C)c1)C(=O)CN(c1ccc2c(c1)OCO2)S(C)(=O)=O. The number of benzene rings is 2. The van der Waals surface area contributed by atoms with E-state index in [0.717, 1.165) is 34.5 Å². The lowest BCUT2D eigenvalue weighted by molar-refractivity contribution is -0.139. The summed E-state index contributed by atoms with van der Waals surface area (Å²) in [5, 5.41) is 2.86. The highest BCUT2D eigenvalue weighted by atomic mass is 32.2. The van der Waals surface area contributed by atoms with Crippen molar-refractivity contribution in [2.75, 3.05) is 30.4 Å². The van der Waals surface area contributed by atoms with Gasteiger partial charge in [-0.05, 0) is 38.0 Å². The van der Waals surface area contributed by atoms with Crippen molar-refractivity contribution in [2.45, 2.75) is 46.2 Å². The second kappa shape index (κ2) is 11.4. The molecule has 0 saturated carbocycles. The van der Waals surface area contributed by atoms with Crippen LogP contribution < -0.4 is 19.1 Å². The van der Waals surface area contributed by atoms with Crippen LogP contribution in [0, 0.1) is 6.92 Å². The van der Waals surface area contributed by atoms with Crippen molar-refractivity contribution >= 4 is 27.5 Å². The molecule has 1 aliphatic rings. The molecular formula is C25H33N3O6S. The normalized spacial score (nSPS) is 13.3. The van der Waals surface area contributed by atoms with Crippen molar-refractivity contribution in [2.24, 2.45) is 0 Å². The Balaban J connectivity index is 1.88. The Morgan fingerprint density at radius 1 is 1.11 bits per heavy atom. The predicted molar refractivity (Wildman–Crippen MR) is 134 cm³/mol. The van der Waals surface area contributed by atoms with Crippen LogP contribution in [0.25, 0.3) is 0 Å². The molecule has 35 heavy (non-hydrogen) atoms. The van der Waals surface area contributed by atoms with E-state index in [1.54, 1.807) is 19.1 Å². The van der Waals surface area contributed by atoms with Crippen LogP contribution in [0.15, 0.2) is 42.5 Å². The minimum atomic E-state index is -3.82. The number of rotatable bonds is 11. The Hall–Kier alpha value is -3.27. The molecule has 2 amide bonds. The fourth-order valence-corrected chi connectivity index (χ4v) is 4.62. The maximum atomic E-state index is 13.6. The molecule has 0 radical (unpaired) electrons. The molecule has 190 valence electrons. The molecular weight excluding hydrogens is 470 g/mol. The van der Waals surface area contributed by atoms with E-state index >= 15 is 0 Å². The number of nitrogens with zero attached hydrogens (tertiary/aromatic N) is 2. The molecule has 1 heterocycles. The zero-order valence-electron chi connectivity index (χ0n) is 20.6. The van der Waals surface area contributed by atoms with E-state index in [1.807, 2.05) is 38.1 Å². The molecule has 0 saturated heterocycles. The van der Waals surface area contributed by atoms with Crippen LogP contribution in [0.1, 0.15) is 37.8 Å². The number of ether oxygens (including phenoxy) is 2. The molecule has 0 fully saturated rings. The molecule has 0 aromatic heterocycles. The first-order chi connectivity index (χ1) is 16.6. The van der Waals surface area contributed by atoms with E-state index in [0.29, 0.717) is 18.0 Å². The van der Waals surface area contributed by atoms with Crippen molar-refractivity contribution in [3.05, 3.63) is 53.6 Å². The van der Waals surface area contributed by atoms with Gasteiger partial charge in [0.25, 0.3) is 0 Å². The van der Waals surface area contributed by atoms with Gasteiger partial charge in [0, 0.05) is 19.2 Å². The van der Waals surface area contributed by atoms with E-state index in [2.05, 4.69) is 5.32 Å². The minimum absolute atomic E-state index is 0.0471. The molecule has 2 aromatic rings. The van der Waals surface area contributed by atoms with Crippen LogP contribution in [0.2, 0.25) is 0 Å². The lowest BCUT2D eigenvalue weighted by atomic mass is 10.1. The van der Waals surface area contributed by atoms with Gasteiger partial charge in [0.05, 0.1) is 11.9 Å². The fourth-order valence-electron chi connectivity index (χ4n) is 3.78. The van der Waals surface area contributed by atoms with E-state index in [4.69, 9.17) is 9.47 Å². The average molecular weight is 504 g/mol. The van der Waals surface area contributed by atoms with Gasteiger partial charge in [0.2, 0.25) is 28.6 Å². The summed E-state index contributed by atoms with van der Waals surface area (Å²) in [7, 11) is -3.82. The van der Waals surface area contributed by atoms with Crippen LogP contribution in [-0.2, 0) is 26.2 Å². The number of fused-ring (bicyclic) bond motifs is 1. The van der Waals surface area contributed by atoms with Gasteiger partial charge in [-0.2, -0.15) is 0 Å². The Labute approximate surface area is 207 Å². The van der Waals surface area contributed by atoms with Crippen molar-refractivity contribution in [1.29, 1.82) is 0 Å². The van der Waals surface area contributed by atoms with Gasteiger partial charge < -0.3 is 19.7 Å². The summed E-state index contributed by atoms with van der Waals surface area (Å²) in [6.45, 7) is 5.89. The lowest BCUT2D eigenvalue weighted by Gasteiger charge is -2.31. The van der Waals surface area contributed by atoms with Gasteiger partial charge in [-0.15, -0.1) is 0 Å². The minimum Gasteiger partial charge on any atom is -0.454 e. The third kappa shape index (κ3) is 6.88. The van der Waals surface area contributed by atoms with E-state index < -0.39 is 28.5 Å². The first-order valence-corrected chi connectivity index (χ1v) is 13.4. The molecule has 3 rings (SSSR count). The number of nitrogens with one attached hydrogen (secondary N) is 1. The van der Waals surface area contributed by atoms with Gasteiger partial charge in [-0.25, -0.2) is 8.42 Å². The molecule has 10 heteroatoms. The van der Waals surface area contributed by atoms with Gasteiger partial charge in [0.1, 0.15) is 12.6 Å². The number of hydrogen-bond donors (Lipinski definition) is 1. The Kier molecular flexibility index (Phi) is 8.61. The van der Waals surface area contributed by atoms with Crippen molar-refractivity contribution in [1.82, 2.24) is 10.2 Å². The maximum absolute atomic E-state index is 13.6. The third-order valence-corrected chi connectivity index (χ3v) is 6.90. The summed E-state index contributed by atoms with van der Waals surface area (Å²) in [4.78, 5) is 27.8. The second-order valence-corrected chi connectivity index (χ2v) is 10.5. The highest BCUT2D eigenvalue weighted by molar-refractivity contribution is 7.92. The van der Waals surface area contributed by atoms with Crippen LogP contribution in [0.4, 0.5) is 5.69 Å². The summed E-state index contributed by atoms with van der Waals surface area (Å²) in [6.07, 6.45) is 2.80. The predicted octanol–water partition coefficient (Wildman–Crippen LogP) is 2.82. The molecule has 0 aliphatic carbocycles. The summed E-state index contributed by atoms with van der Waals surface area (Å²) in [5.41, 5.74) is 2.15. The number of amides is 2. The number of hydrogen-bond acceptors (Lipinski definition) is 6. The molecule has 9 nitrogen and oxygen atoms in total. The molecule has 1 unspecified atom stereocenters. The largest absolute Gasteiger partial charge is 0.454 e. The van der Waals surface area contributed by atoms with Crippen molar-refractivity contribution in [3.63, 3.8) is 0 Å². The monoisotopic (exact) mass is 503 g/mol. The van der Waals surface area contributed by atoms with E-state index in [1.165, 1.54) is 11.0 Å². The van der Waals surface area contributed by atoms with Gasteiger partial charge in [-0.3, -0.25) is 13.9 Å². The van der Waals surface area contributed by atoms with Gasteiger partial charge in [-0.1, -0.05) is 43.2 Å². The van der Waals surface area contributed by atoms with Crippen molar-refractivity contribution in [3.8, 4) is 11.5 Å². The van der Waals surface area contributed by atoms with E-state index in [9.17, 15) is 18.0 Å². The Morgan fingerprint density at radius 2 is 1.86 bits per heavy atom. The summed E-state index contributed by atoms with van der Waals surface area (Å²) < 4.78 is 37.0. The van der Waals surface area contributed by atoms with Gasteiger partial charge >= 0.3 is 0 Å². The second-order valence-electron chi connectivity index (χ2n) is 8.64. The molecule has 0 spiro atoms. The Bertz CT molecular complexity index is 1170. The third-order valence-electron chi connectivity index (χ3n) is 5.76. The zero-order valence-corrected chi connectivity index (χ0v) is 21.4. The topological polar surface area (TPSA) is 105 Å². The standard InChI is InChI=1S/C25H33N3O6S/c1-5-6-12-26-25(30)19(3)27(15-20-9-7-8-18(2)13-20)24(29)16-28(35(4,31)32)21-10-11-22-23(14-21)34-17-33-22/h7-11,13-14,19H,5-6,12,15-17H2,1-4H3,(H,26,30). The van der Waals surface area contributed by atoms with Crippen LogP contribution in [-0.4, -0.2) is 57.3 Å². The quantitative estimate of drug-likeness (QED) is 0.473. The molecule has 0 bridgehead atoms. The molecule has 1 atom stereocenters. The number of sulfonamides is 1. The smallest absolute Gasteiger partial charge is 0.244 e. The van der Waals surface area contributed by atoms with Crippen LogP contribution >= 0.6 is 0 Å².